The molecule has 0 atom stereocenters. The smallest absolute Gasteiger partial charge is 0.247 e. The van der Waals surface area contributed by atoms with Crippen LogP contribution in [0.15, 0.2) is 30.9 Å². The van der Waals surface area contributed by atoms with Crippen LogP contribution in [0.1, 0.15) is 5.56 Å². The fraction of sp³-hybridized carbons (Fsp3) is 0.167. The van der Waals surface area contributed by atoms with Gasteiger partial charge in [-0.05, 0) is 36.8 Å². The van der Waals surface area contributed by atoms with Gasteiger partial charge in [0.1, 0.15) is 12.5 Å². The van der Waals surface area contributed by atoms with Crippen LogP contribution in [-0.4, -0.2) is 19.8 Å². The topological polar surface area (TPSA) is 55.4 Å². The number of carbonyl (C=O) groups excluding carboxylic acids is 2. The molecule has 0 spiro atoms. The van der Waals surface area contributed by atoms with E-state index in [2.05, 4.69) is 11.9 Å². The largest absolute Gasteiger partial charge is 0.497 e. The number of methoxy groups -OCH3 is 1. The zero-order chi connectivity index (χ0) is 12.6. The average Bonchev–Trinajstić information content (AvgIpc) is 2.34. The second-order valence-electron chi connectivity index (χ2n) is 2.87. The molecule has 4 heteroatoms. The summed E-state index contributed by atoms with van der Waals surface area (Å²) >= 11 is 0. The molecule has 4 nitrogen and oxygen atoms in total. The van der Waals surface area contributed by atoms with E-state index in [-0.39, 0.29) is 5.91 Å². The predicted octanol–water partition coefficient (Wildman–Crippen LogP) is 1.94. The van der Waals surface area contributed by atoms with Crippen LogP contribution in [-0.2, 0) is 9.59 Å². The Morgan fingerprint density at radius 2 is 2.06 bits per heavy atom. The molecule has 0 saturated carbocycles. The molecule has 16 heavy (non-hydrogen) atoms. The third-order valence-corrected chi connectivity index (χ3v) is 1.88. The van der Waals surface area contributed by atoms with E-state index in [1.165, 1.54) is 6.08 Å². The SMILES string of the molecule is C=CC(=O)Nc1ccc(OC)cc1C.C=O. The van der Waals surface area contributed by atoms with Gasteiger partial charge >= 0.3 is 0 Å². The van der Waals surface area contributed by atoms with Crippen molar-refractivity contribution >= 4 is 18.4 Å². The minimum Gasteiger partial charge on any atom is -0.497 e. The average molecular weight is 221 g/mol. The van der Waals surface area contributed by atoms with Gasteiger partial charge in [-0.3, -0.25) is 4.79 Å². The Labute approximate surface area is 94.9 Å². The molecule has 1 N–H and O–H groups in total. The van der Waals surface area contributed by atoms with Gasteiger partial charge in [-0.15, -0.1) is 0 Å². The lowest BCUT2D eigenvalue weighted by atomic mass is 10.2. The molecule has 0 aliphatic rings. The molecular formula is C12H15NO3. The molecule has 1 rings (SSSR count). The highest BCUT2D eigenvalue weighted by Crippen LogP contribution is 2.20. The van der Waals surface area contributed by atoms with E-state index in [1.807, 2.05) is 19.8 Å². The summed E-state index contributed by atoms with van der Waals surface area (Å²) in [5.41, 5.74) is 1.73. The van der Waals surface area contributed by atoms with Crippen LogP contribution < -0.4 is 10.1 Å². The monoisotopic (exact) mass is 221 g/mol. The summed E-state index contributed by atoms with van der Waals surface area (Å²) in [6.07, 6.45) is 1.24. The second kappa shape index (κ2) is 7.23. The zero-order valence-electron chi connectivity index (χ0n) is 9.45. The maximum atomic E-state index is 11.0. The zero-order valence-corrected chi connectivity index (χ0v) is 9.45. The number of amides is 1. The van der Waals surface area contributed by atoms with E-state index < -0.39 is 0 Å². The number of hydrogen-bond donors (Lipinski definition) is 1. The Morgan fingerprint density at radius 3 is 2.50 bits per heavy atom. The summed E-state index contributed by atoms with van der Waals surface area (Å²) in [6.45, 7) is 7.29. The van der Waals surface area contributed by atoms with Gasteiger partial charge in [-0.2, -0.15) is 0 Å². The van der Waals surface area contributed by atoms with Crippen molar-refractivity contribution in [2.45, 2.75) is 6.92 Å². The quantitative estimate of drug-likeness (QED) is 0.793. The van der Waals surface area contributed by atoms with Gasteiger partial charge in [0.05, 0.1) is 7.11 Å². The van der Waals surface area contributed by atoms with Crippen LogP contribution in [0.25, 0.3) is 0 Å². The molecule has 0 aliphatic carbocycles. The highest BCUT2D eigenvalue weighted by molar-refractivity contribution is 5.99. The summed E-state index contributed by atoms with van der Waals surface area (Å²) in [4.78, 5) is 19.0. The van der Waals surface area contributed by atoms with Crippen molar-refractivity contribution in [1.29, 1.82) is 0 Å². The Hall–Kier alpha value is -2.10. The van der Waals surface area contributed by atoms with Crippen molar-refractivity contribution in [2.24, 2.45) is 0 Å². The van der Waals surface area contributed by atoms with Crippen LogP contribution in [0.5, 0.6) is 5.75 Å². The minimum absolute atomic E-state index is 0.210. The number of rotatable bonds is 3. The molecule has 0 aromatic heterocycles. The van der Waals surface area contributed by atoms with Crippen molar-refractivity contribution in [3.05, 3.63) is 36.4 Å². The number of carbonyl (C=O) groups is 2. The summed E-state index contributed by atoms with van der Waals surface area (Å²) in [5.74, 6) is 0.567. The van der Waals surface area contributed by atoms with Crippen molar-refractivity contribution in [1.82, 2.24) is 0 Å². The lowest BCUT2D eigenvalue weighted by molar-refractivity contribution is -0.111. The molecule has 0 radical (unpaired) electrons. The first-order valence-electron chi connectivity index (χ1n) is 4.54. The van der Waals surface area contributed by atoms with Gasteiger partial charge < -0.3 is 14.8 Å². The van der Waals surface area contributed by atoms with E-state index in [1.54, 1.807) is 19.2 Å². The molecule has 1 aromatic rings. The van der Waals surface area contributed by atoms with Gasteiger partial charge in [0.25, 0.3) is 0 Å². The third-order valence-electron chi connectivity index (χ3n) is 1.88. The van der Waals surface area contributed by atoms with E-state index in [0.717, 1.165) is 17.0 Å². The van der Waals surface area contributed by atoms with Crippen LogP contribution in [0.4, 0.5) is 5.69 Å². The molecule has 86 valence electrons. The Morgan fingerprint density at radius 1 is 1.44 bits per heavy atom. The Balaban J connectivity index is 0.00000106. The number of anilines is 1. The minimum atomic E-state index is -0.210. The van der Waals surface area contributed by atoms with Gasteiger partial charge in [0.15, 0.2) is 0 Å². The van der Waals surface area contributed by atoms with E-state index in [9.17, 15) is 4.79 Å². The molecule has 0 unspecified atom stereocenters. The molecule has 0 saturated heterocycles. The van der Waals surface area contributed by atoms with Crippen LogP contribution in [0.3, 0.4) is 0 Å². The lowest BCUT2D eigenvalue weighted by Crippen LogP contribution is -2.08. The van der Waals surface area contributed by atoms with Crippen molar-refractivity contribution in [3.8, 4) is 5.75 Å². The van der Waals surface area contributed by atoms with Crippen LogP contribution >= 0.6 is 0 Å². The highest BCUT2D eigenvalue weighted by atomic mass is 16.5. The van der Waals surface area contributed by atoms with Gasteiger partial charge in [0, 0.05) is 5.69 Å². The maximum Gasteiger partial charge on any atom is 0.247 e. The van der Waals surface area contributed by atoms with E-state index >= 15 is 0 Å². The molecular weight excluding hydrogens is 206 g/mol. The first-order chi connectivity index (χ1) is 7.67. The fourth-order valence-corrected chi connectivity index (χ4v) is 1.09. The summed E-state index contributed by atoms with van der Waals surface area (Å²) < 4.78 is 5.05. The standard InChI is InChI=1S/C11H13NO2.CH2O/c1-4-11(13)12-10-6-5-9(14-3)7-8(10)2;1-2/h4-7H,1H2,2-3H3,(H,12,13);1H2. The maximum absolute atomic E-state index is 11.0. The predicted molar refractivity (Wildman–Crippen MR) is 63.7 cm³/mol. The van der Waals surface area contributed by atoms with Crippen LogP contribution in [0, 0.1) is 6.92 Å². The second-order valence-corrected chi connectivity index (χ2v) is 2.87. The van der Waals surface area contributed by atoms with E-state index in [4.69, 9.17) is 9.53 Å². The fourth-order valence-electron chi connectivity index (χ4n) is 1.09. The van der Waals surface area contributed by atoms with E-state index in [0.29, 0.717) is 0 Å². The molecule has 0 aliphatic heterocycles. The molecule has 0 bridgehead atoms. The molecule has 0 heterocycles. The lowest BCUT2D eigenvalue weighted by Gasteiger charge is -2.07. The van der Waals surface area contributed by atoms with Gasteiger partial charge in [-0.1, -0.05) is 6.58 Å². The molecule has 1 aromatic carbocycles. The number of hydrogen-bond acceptors (Lipinski definition) is 3. The van der Waals surface area contributed by atoms with Gasteiger partial charge in [-0.25, -0.2) is 0 Å². The Kier molecular flexibility index (Phi) is 6.28. The number of benzene rings is 1. The highest BCUT2D eigenvalue weighted by Gasteiger charge is 2.01. The van der Waals surface area contributed by atoms with Gasteiger partial charge in [0.2, 0.25) is 5.91 Å². The summed E-state index contributed by atoms with van der Waals surface area (Å²) in [5, 5.41) is 2.70. The summed E-state index contributed by atoms with van der Waals surface area (Å²) in [6, 6.07) is 5.46. The summed E-state index contributed by atoms with van der Waals surface area (Å²) in [7, 11) is 1.61. The molecule has 0 fully saturated rings. The number of ether oxygens (including phenoxy) is 1. The third kappa shape index (κ3) is 3.96. The first-order valence-corrected chi connectivity index (χ1v) is 4.54. The van der Waals surface area contributed by atoms with Crippen LogP contribution in [0.2, 0.25) is 0 Å². The number of nitrogens with one attached hydrogen (secondary N) is 1. The molecule has 1 amide bonds. The van der Waals surface area contributed by atoms with Crippen molar-refractivity contribution in [3.63, 3.8) is 0 Å². The first kappa shape index (κ1) is 13.9. The van der Waals surface area contributed by atoms with Crippen molar-refractivity contribution < 1.29 is 14.3 Å². The van der Waals surface area contributed by atoms with Crippen molar-refractivity contribution in [2.75, 3.05) is 12.4 Å². The Bertz CT molecular complexity index is 375. The normalized spacial score (nSPS) is 8.38. The number of aryl methyl sites for hydroxylation is 1.